The van der Waals surface area contributed by atoms with Gasteiger partial charge in [-0.05, 0) is 45.2 Å². The zero-order valence-electron chi connectivity index (χ0n) is 28.1. The molecule has 50 heavy (non-hydrogen) atoms. The lowest BCUT2D eigenvalue weighted by atomic mass is 9.65. The van der Waals surface area contributed by atoms with E-state index in [-0.39, 0.29) is 47.3 Å². The van der Waals surface area contributed by atoms with Gasteiger partial charge in [0.2, 0.25) is 10.0 Å². The molecule has 9 nitrogen and oxygen atoms in total. The summed E-state index contributed by atoms with van der Waals surface area (Å²) in [6.45, 7) is 7.41. The normalized spacial score (nSPS) is 22.3. The van der Waals surface area contributed by atoms with Crippen molar-refractivity contribution in [2.24, 2.45) is 0 Å². The van der Waals surface area contributed by atoms with Gasteiger partial charge < -0.3 is 4.43 Å². The molecular weight excluding hydrogens is 732 g/mol. The molecule has 0 radical (unpaired) electrons. The molecule has 3 atom stereocenters. The minimum absolute atomic E-state index is 0.0234. The van der Waals surface area contributed by atoms with Gasteiger partial charge in [-0.2, -0.15) is 9.57 Å². The fraction of sp³-hybridized carbons (Fsp3) is 0.289. The van der Waals surface area contributed by atoms with E-state index in [0.29, 0.717) is 6.54 Å². The molecule has 2 aliphatic heterocycles. The lowest BCUT2D eigenvalue weighted by molar-refractivity contribution is -0.384. The number of halogens is 1. The molecule has 0 amide bonds. The first-order chi connectivity index (χ1) is 23.8. The number of nitro groups is 1. The second-order valence-electron chi connectivity index (χ2n) is 13.8. The summed E-state index contributed by atoms with van der Waals surface area (Å²) < 4.78 is 37.8. The highest BCUT2D eigenvalue weighted by Crippen LogP contribution is 2.51. The number of hydrogen-bond acceptors (Lipinski definition) is 7. The number of rotatable bonds is 9. The third kappa shape index (κ3) is 6.27. The van der Waals surface area contributed by atoms with Gasteiger partial charge >= 0.3 is 0 Å². The van der Waals surface area contributed by atoms with Gasteiger partial charge in [-0.25, -0.2) is 8.42 Å². The summed E-state index contributed by atoms with van der Waals surface area (Å²) in [4.78, 5) is 12.8. The van der Waals surface area contributed by atoms with E-state index in [1.165, 1.54) is 28.6 Å². The van der Waals surface area contributed by atoms with Gasteiger partial charge in [0, 0.05) is 48.2 Å². The maximum atomic E-state index is 14.0. The van der Waals surface area contributed by atoms with E-state index in [0.717, 1.165) is 20.4 Å². The van der Waals surface area contributed by atoms with Crippen LogP contribution in [-0.2, 0) is 14.4 Å². The van der Waals surface area contributed by atoms with Gasteiger partial charge in [0.05, 0.1) is 22.5 Å². The van der Waals surface area contributed by atoms with Gasteiger partial charge in [-0.3, -0.25) is 15.0 Å². The number of fused-ring (bicyclic) bond motifs is 1. The van der Waals surface area contributed by atoms with Crippen molar-refractivity contribution in [1.29, 1.82) is 5.26 Å². The molecule has 0 N–H and O–H groups in total. The monoisotopic (exact) mass is 770 g/mol. The van der Waals surface area contributed by atoms with E-state index in [1.54, 1.807) is 6.08 Å². The lowest BCUT2D eigenvalue weighted by Gasteiger charge is -2.62. The minimum Gasteiger partial charge on any atom is -0.404 e. The fourth-order valence-electron chi connectivity index (χ4n) is 7.63. The Bertz CT molecular complexity index is 1980. The number of hydrogen-bond donors (Lipinski definition) is 0. The van der Waals surface area contributed by atoms with Crippen LogP contribution in [-0.4, -0.2) is 68.7 Å². The number of sulfonamides is 1. The molecule has 0 bridgehead atoms. The summed E-state index contributed by atoms with van der Waals surface area (Å²) in [5.74, 6) is -0.389. The Kier molecular flexibility index (Phi) is 10.0. The van der Waals surface area contributed by atoms with Crippen LogP contribution in [0.1, 0.15) is 32.3 Å². The Labute approximate surface area is 303 Å². The number of nitriles is 1. The molecule has 4 aromatic rings. The number of nitro benzene ring substituents is 1. The molecule has 0 aromatic heterocycles. The molecule has 6 rings (SSSR count). The number of nitrogens with zero attached hydrogens (tertiary/aromatic N) is 4. The number of non-ortho nitro benzene ring substituents is 1. The highest BCUT2D eigenvalue weighted by Gasteiger charge is 2.63. The van der Waals surface area contributed by atoms with Gasteiger partial charge in [0.15, 0.2) is 0 Å². The smallest absolute Gasteiger partial charge is 0.269 e. The highest BCUT2D eigenvalue weighted by molar-refractivity contribution is 9.10. The quantitative estimate of drug-likeness (QED) is 0.0859. The Morgan fingerprint density at radius 1 is 0.920 bits per heavy atom. The zero-order valence-corrected chi connectivity index (χ0v) is 31.5. The van der Waals surface area contributed by atoms with E-state index in [2.05, 4.69) is 71.9 Å². The first kappa shape index (κ1) is 35.8. The zero-order chi connectivity index (χ0) is 35.7. The van der Waals surface area contributed by atoms with Crippen LogP contribution in [0, 0.1) is 21.4 Å². The molecular formula is C38H39BrN4O5SSi. The molecule has 0 aliphatic carbocycles. The summed E-state index contributed by atoms with van der Waals surface area (Å²) >= 11 is 3.54. The lowest BCUT2D eigenvalue weighted by Crippen LogP contribution is -2.77. The SMILES string of the molecule is CC(C)(C)[Si](OC[C@@]1(C#N)[C@H](c2ccc(Br)cc2)[C@@H]2CN(S(=O)(=O)c3ccc([N+](=O)[O-])cc3)C/C=C\CN21)(c1ccccc1)c1ccccc1. The first-order valence-corrected chi connectivity index (χ1v) is 20.6. The maximum absolute atomic E-state index is 14.0. The van der Waals surface area contributed by atoms with Crippen LogP contribution in [0.3, 0.4) is 0 Å². The van der Waals surface area contributed by atoms with Crippen molar-refractivity contribution in [2.75, 3.05) is 26.2 Å². The Morgan fingerprint density at radius 3 is 2.00 bits per heavy atom. The van der Waals surface area contributed by atoms with E-state index < -0.39 is 28.8 Å². The summed E-state index contributed by atoms with van der Waals surface area (Å²) in [6, 6.07) is 35.8. The molecule has 1 saturated heterocycles. The van der Waals surface area contributed by atoms with Gasteiger partial charge in [-0.1, -0.05) is 122 Å². The third-order valence-electron chi connectivity index (χ3n) is 10.0. The van der Waals surface area contributed by atoms with Crippen LogP contribution >= 0.6 is 15.9 Å². The van der Waals surface area contributed by atoms with E-state index >= 15 is 0 Å². The van der Waals surface area contributed by atoms with Crippen molar-refractivity contribution in [1.82, 2.24) is 9.21 Å². The first-order valence-electron chi connectivity index (χ1n) is 16.4. The second kappa shape index (κ2) is 14.0. The van der Waals surface area contributed by atoms with Crippen LogP contribution in [0.25, 0.3) is 0 Å². The standard InChI is InChI=1S/C38H39BrN4O5SSi/c1-37(2,3)50(33-12-6-4-7-13-33,34-14-8-5-9-15-34)48-28-38(27-40)36(29-16-18-30(39)19-17-29)35-26-41(24-10-11-25-42(35)38)49(46,47)32-22-20-31(21-23-32)43(44)45/h4-23,35-36H,24-26,28H2,1-3H3/b11-10-/t35-,36+,38-/m0/s1. The third-order valence-corrected chi connectivity index (χ3v) is 17.4. The van der Waals surface area contributed by atoms with Crippen LogP contribution in [0.5, 0.6) is 0 Å². The van der Waals surface area contributed by atoms with E-state index in [4.69, 9.17) is 4.43 Å². The Balaban J connectivity index is 1.43. The van der Waals surface area contributed by atoms with Crippen molar-refractivity contribution in [3.05, 3.63) is 141 Å². The molecule has 0 unspecified atom stereocenters. The van der Waals surface area contributed by atoms with Crippen LogP contribution < -0.4 is 10.4 Å². The van der Waals surface area contributed by atoms with E-state index in [9.17, 15) is 23.8 Å². The van der Waals surface area contributed by atoms with Crippen LogP contribution in [0.4, 0.5) is 5.69 Å². The molecule has 1 fully saturated rings. The van der Waals surface area contributed by atoms with Crippen LogP contribution in [0.15, 0.2) is 131 Å². The predicted octanol–water partition coefficient (Wildman–Crippen LogP) is 6.22. The van der Waals surface area contributed by atoms with E-state index in [1.807, 2.05) is 66.7 Å². The van der Waals surface area contributed by atoms with Crippen molar-refractivity contribution < 1.29 is 17.8 Å². The average molecular weight is 772 g/mol. The molecule has 0 spiro atoms. The van der Waals surface area contributed by atoms with Crippen LogP contribution in [0.2, 0.25) is 5.04 Å². The van der Waals surface area contributed by atoms with Gasteiger partial charge in [-0.15, -0.1) is 0 Å². The molecule has 2 aliphatic rings. The van der Waals surface area contributed by atoms with Crippen molar-refractivity contribution in [3.63, 3.8) is 0 Å². The molecule has 258 valence electrons. The number of benzene rings is 4. The minimum atomic E-state index is -4.03. The van der Waals surface area contributed by atoms with Gasteiger partial charge in [0.1, 0.15) is 5.54 Å². The summed E-state index contributed by atoms with van der Waals surface area (Å²) in [5, 5.41) is 24.4. The highest BCUT2D eigenvalue weighted by atomic mass is 79.9. The summed E-state index contributed by atoms with van der Waals surface area (Å²) in [5.41, 5.74) is -0.383. The van der Waals surface area contributed by atoms with Crippen molar-refractivity contribution in [2.45, 2.75) is 48.2 Å². The summed E-state index contributed by atoms with van der Waals surface area (Å²) in [6.07, 6.45) is 3.72. The molecule has 4 aromatic carbocycles. The topological polar surface area (TPSA) is 117 Å². The Morgan fingerprint density at radius 2 is 1.48 bits per heavy atom. The molecule has 0 saturated carbocycles. The van der Waals surface area contributed by atoms with Gasteiger partial charge in [0.25, 0.3) is 14.0 Å². The molecule has 2 heterocycles. The molecule has 12 heteroatoms. The second-order valence-corrected chi connectivity index (χ2v) is 20.9. The largest absolute Gasteiger partial charge is 0.404 e. The summed E-state index contributed by atoms with van der Waals surface area (Å²) in [7, 11) is -7.07. The van der Waals surface area contributed by atoms with Crippen molar-refractivity contribution in [3.8, 4) is 6.07 Å². The predicted molar refractivity (Wildman–Crippen MR) is 200 cm³/mol. The van der Waals surface area contributed by atoms with Crippen molar-refractivity contribution >= 4 is 50.3 Å². The maximum Gasteiger partial charge on any atom is 0.269 e. The average Bonchev–Trinajstić information content (AvgIpc) is 3.09. The Hall–Kier alpha value is -3.96. The fourth-order valence-corrected chi connectivity index (χ4v) is 13.9.